The number of aromatic nitrogens is 2. The largest absolute Gasteiger partial charge is 0.327 e. The number of urea groups is 1. The number of nitrogens with one attached hydrogen (secondary N) is 1. The minimum atomic E-state index is -0.468. The number of amides is 4. The highest BCUT2D eigenvalue weighted by Crippen LogP contribution is 2.27. The third kappa shape index (κ3) is 3.10. The molecule has 3 rings (SSSR count). The van der Waals surface area contributed by atoms with Crippen LogP contribution in [0, 0.1) is 6.92 Å². The molecule has 0 atom stereocenters. The molecule has 1 aromatic carbocycles. The molecule has 0 aliphatic carbocycles. The first-order valence-electron chi connectivity index (χ1n) is 7.82. The fraction of sp³-hybridized carbons (Fsp3) is 0.294. The lowest BCUT2D eigenvalue weighted by Gasteiger charge is -2.14. The monoisotopic (exact) mass is 341 g/mol. The Morgan fingerprint density at radius 1 is 1.20 bits per heavy atom. The second-order valence-corrected chi connectivity index (χ2v) is 5.95. The second-order valence-electron chi connectivity index (χ2n) is 5.95. The van der Waals surface area contributed by atoms with Crippen molar-refractivity contribution >= 4 is 23.7 Å². The van der Waals surface area contributed by atoms with Gasteiger partial charge in [0.2, 0.25) is 5.91 Å². The molecule has 0 saturated carbocycles. The molecule has 130 valence electrons. The van der Waals surface area contributed by atoms with E-state index in [1.54, 1.807) is 11.6 Å². The van der Waals surface area contributed by atoms with E-state index in [1.807, 2.05) is 37.3 Å². The summed E-state index contributed by atoms with van der Waals surface area (Å²) in [5.41, 5.74) is 1.51. The van der Waals surface area contributed by atoms with Crippen molar-refractivity contribution < 1.29 is 14.4 Å². The van der Waals surface area contributed by atoms with Gasteiger partial charge in [0, 0.05) is 19.7 Å². The fourth-order valence-corrected chi connectivity index (χ4v) is 2.69. The molecule has 0 radical (unpaired) electrons. The van der Waals surface area contributed by atoms with Crippen LogP contribution in [0.3, 0.4) is 0 Å². The van der Waals surface area contributed by atoms with Crippen LogP contribution in [0.25, 0.3) is 11.3 Å². The number of carbonyl (C=O) groups is 3. The molecule has 1 aliphatic heterocycles. The summed E-state index contributed by atoms with van der Waals surface area (Å²) < 4.78 is 1.76. The van der Waals surface area contributed by atoms with Gasteiger partial charge in [-0.05, 0) is 6.92 Å². The van der Waals surface area contributed by atoms with Gasteiger partial charge in [-0.25, -0.2) is 9.78 Å². The summed E-state index contributed by atoms with van der Waals surface area (Å²) in [5.74, 6) is 0.438. The van der Waals surface area contributed by atoms with E-state index in [-0.39, 0.29) is 19.0 Å². The average Bonchev–Trinajstić information content (AvgIpc) is 3.00. The van der Waals surface area contributed by atoms with Gasteiger partial charge in [0.15, 0.2) is 0 Å². The van der Waals surface area contributed by atoms with Crippen LogP contribution in [-0.2, 0) is 16.6 Å². The number of rotatable bonds is 4. The number of imidazole rings is 1. The number of anilines is 1. The molecule has 0 spiro atoms. The molecular formula is C17H19N5O3. The Morgan fingerprint density at radius 3 is 2.48 bits per heavy atom. The highest BCUT2D eigenvalue weighted by Gasteiger charge is 2.35. The Bertz CT molecular complexity index is 843. The van der Waals surface area contributed by atoms with Crippen molar-refractivity contribution in [2.45, 2.75) is 6.92 Å². The summed E-state index contributed by atoms with van der Waals surface area (Å²) in [6.07, 6.45) is 0. The molecule has 4 amide bonds. The predicted octanol–water partition coefficient (Wildman–Crippen LogP) is 1.23. The summed E-state index contributed by atoms with van der Waals surface area (Å²) in [7, 11) is 3.32. The predicted molar refractivity (Wildman–Crippen MR) is 91.7 cm³/mol. The first-order chi connectivity index (χ1) is 11.9. The molecule has 1 aromatic heterocycles. The lowest BCUT2D eigenvalue weighted by molar-refractivity contribution is -0.129. The maximum Gasteiger partial charge on any atom is 0.327 e. The number of nitrogens with zero attached hydrogens (tertiary/aromatic N) is 4. The standard InChI is InChI=1S/C17H19N5O3/c1-11-18-15(12-7-5-4-6-8-12)16(21(11)3)19-13(23)9-22-14(24)10-20(2)17(22)25/h4-8H,9-10H2,1-3H3,(H,19,23). The van der Waals surface area contributed by atoms with Crippen LogP contribution in [0.1, 0.15) is 5.82 Å². The lowest BCUT2D eigenvalue weighted by Crippen LogP contribution is -2.38. The second kappa shape index (κ2) is 6.39. The Labute approximate surface area is 145 Å². The summed E-state index contributed by atoms with van der Waals surface area (Å²) in [6, 6.07) is 9.02. The molecule has 25 heavy (non-hydrogen) atoms. The zero-order valence-corrected chi connectivity index (χ0v) is 14.3. The molecule has 2 aromatic rings. The summed E-state index contributed by atoms with van der Waals surface area (Å²) in [4.78, 5) is 42.8. The van der Waals surface area contributed by atoms with Crippen LogP contribution >= 0.6 is 0 Å². The van der Waals surface area contributed by atoms with Gasteiger partial charge in [-0.3, -0.25) is 14.5 Å². The zero-order valence-electron chi connectivity index (χ0n) is 14.3. The van der Waals surface area contributed by atoms with Crippen molar-refractivity contribution in [3.63, 3.8) is 0 Å². The van der Waals surface area contributed by atoms with E-state index in [4.69, 9.17) is 0 Å². The Kier molecular flexibility index (Phi) is 4.26. The molecule has 8 nitrogen and oxygen atoms in total. The number of likely N-dealkylation sites (N-methyl/N-ethyl adjacent to an activating group) is 1. The topological polar surface area (TPSA) is 87.5 Å². The van der Waals surface area contributed by atoms with E-state index in [1.165, 1.54) is 11.9 Å². The zero-order chi connectivity index (χ0) is 18.1. The lowest BCUT2D eigenvalue weighted by atomic mass is 10.1. The first-order valence-corrected chi connectivity index (χ1v) is 7.82. The quantitative estimate of drug-likeness (QED) is 0.847. The van der Waals surface area contributed by atoms with Gasteiger partial charge in [-0.2, -0.15) is 0 Å². The summed E-state index contributed by atoms with van der Waals surface area (Å²) in [5, 5.41) is 2.78. The summed E-state index contributed by atoms with van der Waals surface area (Å²) >= 11 is 0. The molecule has 1 fully saturated rings. The van der Waals surface area contributed by atoms with Gasteiger partial charge in [-0.1, -0.05) is 30.3 Å². The number of carbonyl (C=O) groups excluding carboxylic acids is 3. The highest BCUT2D eigenvalue weighted by atomic mass is 16.2. The van der Waals surface area contributed by atoms with Crippen molar-refractivity contribution in [3.05, 3.63) is 36.2 Å². The van der Waals surface area contributed by atoms with Gasteiger partial charge >= 0.3 is 6.03 Å². The smallest absolute Gasteiger partial charge is 0.318 e. The van der Waals surface area contributed by atoms with Crippen LogP contribution in [-0.4, -0.2) is 57.3 Å². The minimum Gasteiger partial charge on any atom is -0.318 e. The molecule has 2 heterocycles. The molecule has 1 aliphatic rings. The number of hydrogen-bond acceptors (Lipinski definition) is 4. The van der Waals surface area contributed by atoms with Gasteiger partial charge < -0.3 is 14.8 Å². The molecule has 1 N–H and O–H groups in total. The van der Waals surface area contributed by atoms with E-state index in [9.17, 15) is 14.4 Å². The number of hydrogen-bond donors (Lipinski definition) is 1. The van der Waals surface area contributed by atoms with Crippen molar-refractivity contribution in [1.29, 1.82) is 0 Å². The van der Waals surface area contributed by atoms with Crippen LogP contribution in [0.5, 0.6) is 0 Å². The van der Waals surface area contributed by atoms with Gasteiger partial charge in [0.05, 0.1) is 0 Å². The van der Waals surface area contributed by atoms with Crippen molar-refractivity contribution in [2.75, 3.05) is 25.5 Å². The highest BCUT2D eigenvalue weighted by molar-refractivity contribution is 6.06. The third-order valence-corrected chi connectivity index (χ3v) is 4.16. The number of imide groups is 1. The Hall–Kier alpha value is -3.16. The normalized spacial score (nSPS) is 14.4. The molecular weight excluding hydrogens is 322 g/mol. The number of benzene rings is 1. The molecule has 1 saturated heterocycles. The van der Waals surface area contributed by atoms with Crippen LogP contribution < -0.4 is 5.32 Å². The first kappa shape index (κ1) is 16.7. The number of aryl methyl sites for hydroxylation is 1. The van der Waals surface area contributed by atoms with Gasteiger partial charge in [0.1, 0.15) is 30.4 Å². The van der Waals surface area contributed by atoms with Crippen molar-refractivity contribution in [2.24, 2.45) is 7.05 Å². The van der Waals surface area contributed by atoms with E-state index in [0.717, 1.165) is 16.3 Å². The van der Waals surface area contributed by atoms with Crippen LogP contribution in [0.2, 0.25) is 0 Å². The Balaban J connectivity index is 1.82. The molecule has 0 unspecified atom stereocenters. The van der Waals surface area contributed by atoms with Crippen molar-refractivity contribution in [3.8, 4) is 11.3 Å². The van der Waals surface area contributed by atoms with Gasteiger partial charge in [-0.15, -0.1) is 0 Å². The molecule has 0 bridgehead atoms. The fourth-order valence-electron chi connectivity index (χ4n) is 2.69. The van der Waals surface area contributed by atoms with E-state index >= 15 is 0 Å². The van der Waals surface area contributed by atoms with Crippen molar-refractivity contribution in [1.82, 2.24) is 19.4 Å². The maximum atomic E-state index is 12.4. The van der Waals surface area contributed by atoms with E-state index < -0.39 is 11.9 Å². The third-order valence-electron chi connectivity index (χ3n) is 4.16. The Morgan fingerprint density at radius 2 is 1.88 bits per heavy atom. The maximum absolute atomic E-state index is 12.4. The van der Waals surface area contributed by atoms with E-state index in [2.05, 4.69) is 10.3 Å². The van der Waals surface area contributed by atoms with Crippen LogP contribution in [0.15, 0.2) is 30.3 Å². The van der Waals surface area contributed by atoms with E-state index in [0.29, 0.717) is 11.5 Å². The summed E-state index contributed by atoms with van der Waals surface area (Å²) in [6.45, 7) is 1.51. The van der Waals surface area contributed by atoms with Gasteiger partial charge in [0.25, 0.3) is 5.91 Å². The average molecular weight is 341 g/mol. The van der Waals surface area contributed by atoms with Crippen LogP contribution in [0.4, 0.5) is 10.6 Å². The SMILES string of the molecule is Cc1nc(-c2ccccc2)c(NC(=O)CN2C(=O)CN(C)C2=O)n1C. The minimum absolute atomic E-state index is 0.00774. The molecule has 8 heteroatoms.